The van der Waals surface area contributed by atoms with Crippen molar-refractivity contribution >= 4 is 28.2 Å². The number of hydrogen-bond donors (Lipinski definition) is 1. The van der Waals surface area contributed by atoms with Crippen molar-refractivity contribution in [3.8, 4) is 5.75 Å². The summed E-state index contributed by atoms with van der Waals surface area (Å²) in [4.78, 5) is 18.4. The lowest BCUT2D eigenvalue weighted by Crippen LogP contribution is -2.34. The molecule has 1 fully saturated rings. The number of rotatable bonds is 5. The number of hydrogen-bond acceptors (Lipinski definition) is 8. The molecule has 1 saturated heterocycles. The van der Waals surface area contributed by atoms with Crippen LogP contribution in [0, 0.1) is 0 Å². The van der Waals surface area contributed by atoms with E-state index in [1.54, 1.807) is 11.6 Å². The van der Waals surface area contributed by atoms with E-state index in [1.807, 2.05) is 30.5 Å². The monoisotopic (exact) mass is 462 g/mol. The molecular weight excluding hydrogens is 435 g/mol. The van der Waals surface area contributed by atoms with Crippen LogP contribution >= 0.6 is 0 Å². The smallest absolute Gasteiger partial charge is 0.223 e. The van der Waals surface area contributed by atoms with E-state index in [-0.39, 0.29) is 5.95 Å². The Balaban J connectivity index is 1.20. The van der Waals surface area contributed by atoms with E-state index >= 15 is 0 Å². The summed E-state index contributed by atoms with van der Waals surface area (Å²) >= 11 is 0. The molecule has 0 saturated carbocycles. The number of para-hydroxylation sites is 1. The lowest BCUT2D eigenvalue weighted by atomic mass is 10.0. The van der Waals surface area contributed by atoms with Crippen molar-refractivity contribution in [3.05, 3.63) is 47.5 Å². The predicted octanol–water partition coefficient (Wildman–Crippen LogP) is 2.41. The van der Waals surface area contributed by atoms with Crippen LogP contribution in [0.15, 0.2) is 30.5 Å². The Hall–Kier alpha value is -3.53. The number of benzene rings is 1. The largest absolute Gasteiger partial charge is 0.494 e. The molecule has 176 valence electrons. The van der Waals surface area contributed by atoms with Crippen molar-refractivity contribution in [2.45, 2.75) is 32.0 Å². The molecule has 4 aromatic rings. The van der Waals surface area contributed by atoms with Crippen molar-refractivity contribution in [2.24, 2.45) is 0 Å². The lowest BCUT2D eigenvalue weighted by Gasteiger charge is -2.31. The van der Waals surface area contributed by atoms with E-state index in [0.29, 0.717) is 36.3 Å². The van der Waals surface area contributed by atoms with Gasteiger partial charge in [-0.3, -0.25) is 9.88 Å². The van der Waals surface area contributed by atoms with Crippen molar-refractivity contribution in [1.29, 1.82) is 0 Å². The second-order valence-electron chi connectivity index (χ2n) is 8.95. The van der Waals surface area contributed by atoms with Gasteiger partial charge < -0.3 is 15.4 Å². The molecule has 1 aromatic carbocycles. The highest BCUT2D eigenvalue weighted by Gasteiger charge is 2.27. The summed E-state index contributed by atoms with van der Waals surface area (Å²) in [6.07, 6.45) is 3.33. The van der Waals surface area contributed by atoms with Crippen molar-refractivity contribution < 1.29 is 9.13 Å². The first-order valence-electron chi connectivity index (χ1n) is 11.7. The molecule has 34 heavy (non-hydrogen) atoms. The summed E-state index contributed by atoms with van der Waals surface area (Å²) < 4.78 is 20.8. The Bertz CT molecular complexity index is 1370. The maximum atomic E-state index is 13.7. The summed E-state index contributed by atoms with van der Waals surface area (Å²) in [6.45, 7) is 3.77. The normalized spacial score (nSPS) is 18.6. The molecule has 2 aliphatic heterocycles. The summed E-state index contributed by atoms with van der Waals surface area (Å²) in [7, 11) is 1.61. The van der Waals surface area contributed by atoms with Crippen LogP contribution in [-0.2, 0) is 19.4 Å². The second kappa shape index (κ2) is 8.35. The number of nitrogen functional groups attached to an aromatic ring is 1. The number of ether oxygens (including phenoxy) is 1. The van der Waals surface area contributed by atoms with Crippen LogP contribution in [0.1, 0.15) is 23.5 Å². The Labute approximate surface area is 196 Å². The van der Waals surface area contributed by atoms with E-state index < -0.39 is 6.17 Å². The van der Waals surface area contributed by atoms with Gasteiger partial charge in [0.25, 0.3) is 0 Å². The quantitative estimate of drug-likeness (QED) is 0.483. The third-order valence-corrected chi connectivity index (χ3v) is 6.85. The molecule has 1 unspecified atom stereocenters. The number of pyridine rings is 1. The zero-order valence-electron chi connectivity index (χ0n) is 19.1. The third-order valence-electron chi connectivity index (χ3n) is 6.85. The van der Waals surface area contributed by atoms with Crippen molar-refractivity contribution in [1.82, 2.24) is 29.5 Å². The number of nitrogens with zero attached hydrogens (tertiary/aromatic N) is 7. The van der Waals surface area contributed by atoms with Crippen LogP contribution in [-0.4, -0.2) is 68.9 Å². The molecule has 1 atom stereocenters. The van der Waals surface area contributed by atoms with Gasteiger partial charge in [-0.25, -0.2) is 14.4 Å². The van der Waals surface area contributed by atoms with Crippen LogP contribution in [0.3, 0.4) is 0 Å². The minimum Gasteiger partial charge on any atom is -0.494 e. The van der Waals surface area contributed by atoms with Gasteiger partial charge in [-0.2, -0.15) is 4.52 Å². The molecule has 10 heteroatoms. The van der Waals surface area contributed by atoms with E-state index in [2.05, 4.69) is 24.9 Å². The topological polar surface area (TPSA) is 97.7 Å². The molecule has 6 rings (SSSR count). The minimum atomic E-state index is -0.732. The van der Waals surface area contributed by atoms with E-state index in [9.17, 15) is 4.39 Å². The predicted molar refractivity (Wildman–Crippen MR) is 128 cm³/mol. The van der Waals surface area contributed by atoms with Crippen LogP contribution in [0.4, 0.5) is 16.0 Å². The Morgan fingerprint density at radius 3 is 2.94 bits per heavy atom. The molecule has 0 bridgehead atoms. The van der Waals surface area contributed by atoms with E-state index in [4.69, 9.17) is 15.5 Å². The zero-order valence-corrected chi connectivity index (χ0v) is 19.1. The Morgan fingerprint density at radius 1 is 1.21 bits per heavy atom. The Kier molecular flexibility index (Phi) is 5.17. The van der Waals surface area contributed by atoms with Crippen LogP contribution in [0.2, 0.25) is 0 Å². The maximum Gasteiger partial charge on any atom is 0.223 e. The molecule has 9 nitrogen and oxygen atoms in total. The van der Waals surface area contributed by atoms with Gasteiger partial charge in [-0.1, -0.05) is 6.07 Å². The fourth-order valence-corrected chi connectivity index (χ4v) is 5.11. The number of aromatic nitrogens is 5. The first kappa shape index (κ1) is 21.0. The number of halogens is 1. The van der Waals surface area contributed by atoms with Crippen molar-refractivity contribution in [3.63, 3.8) is 0 Å². The fourth-order valence-electron chi connectivity index (χ4n) is 5.11. The third kappa shape index (κ3) is 3.58. The highest BCUT2D eigenvalue weighted by Crippen LogP contribution is 2.31. The fraction of sp³-hybridized carbons (Fsp3) is 0.417. The molecule has 2 aliphatic rings. The number of nitrogens with two attached hydrogens (primary N) is 1. The molecule has 0 aliphatic carbocycles. The van der Waals surface area contributed by atoms with Gasteiger partial charge >= 0.3 is 0 Å². The number of anilines is 2. The molecule has 5 heterocycles. The molecule has 0 spiro atoms. The van der Waals surface area contributed by atoms with Crippen LogP contribution in [0.25, 0.3) is 16.6 Å². The SMILES string of the molecule is COc1cccc2c1nc(N)n1nc(CCN3CCc4c(N5CCC(F)C5)ccnc4C3)nc21. The average molecular weight is 463 g/mol. The summed E-state index contributed by atoms with van der Waals surface area (Å²) in [5.41, 5.74) is 11.0. The van der Waals surface area contributed by atoms with Gasteiger partial charge in [0.05, 0.1) is 12.8 Å². The zero-order chi connectivity index (χ0) is 23.2. The summed E-state index contributed by atoms with van der Waals surface area (Å²) in [6, 6.07) is 7.75. The molecule has 0 amide bonds. The number of fused-ring (bicyclic) bond motifs is 4. The van der Waals surface area contributed by atoms with Gasteiger partial charge in [0.1, 0.15) is 17.4 Å². The van der Waals surface area contributed by atoms with Crippen LogP contribution < -0.4 is 15.4 Å². The van der Waals surface area contributed by atoms with E-state index in [1.165, 1.54) is 5.56 Å². The summed E-state index contributed by atoms with van der Waals surface area (Å²) in [5, 5.41) is 5.47. The molecular formula is C24H27FN8O. The van der Waals surface area contributed by atoms with Gasteiger partial charge in [0, 0.05) is 56.4 Å². The van der Waals surface area contributed by atoms with Crippen LogP contribution in [0.5, 0.6) is 5.75 Å². The van der Waals surface area contributed by atoms with E-state index in [0.717, 1.165) is 55.2 Å². The second-order valence-corrected chi connectivity index (χ2v) is 8.95. The molecule has 2 N–H and O–H groups in total. The molecule has 0 radical (unpaired) electrons. The highest BCUT2D eigenvalue weighted by molar-refractivity contribution is 5.95. The lowest BCUT2D eigenvalue weighted by molar-refractivity contribution is 0.252. The number of alkyl halides is 1. The van der Waals surface area contributed by atoms with Gasteiger partial charge in [0.2, 0.25) is 5.95 Å². The average Bonchev–Trinajstić information content (AvgIpc) is 3.49. The Morgan fingerprint density at radius 2 is 2.12 bits per heavy atom. The summed E-state index contributed by atoms with van der Waals surface area (Å²) in [5.74, 6) is 1.67. The van der Waals surface area contributed by atoms with Crippen molar-refractivity contribution in [2.75, 3.05) is 43.9 Å². The maximum absolute atomic E-state index is 13.7. The molecule has 3 aromatic heterocycles. The highest BCUT2D eigenvalue weighted by atomic mass is 19.1. The first-order chi connectivity index (χ1) is 16.6. The van der Waals surface area contributed by atoms with Gasteiger partial charge in [-0.05, 0) is 36.6 Å². The minimum absolute atomic E-state index is 0.284. The van der Waals surface area contributed by atoms with Gasteiger partial charge in [0.15, 0.2) is 11.5 Å². The first-order valence-corrected chi connectivity index (χ1v) is 11.7. The number of methoxy groups -OCH3 is 1. The van der Waals surface area contributed by atoms with Gasteiger partial charge in [-0.15, -0.1) is 5.10 Å². The standard InChI is InChI=1S/C24H27FN8O/c1-34-20-4-2-3-17-22(20)29-24(26)33-23(17)28-21(30-33)8-11-31-10-7-16-18(14-31)27-9-5-19(16)32-12-6-15(25)13-32/h2-5,9,15H,6-8,10-14H2,1H3,(H2,26,29).